The van der Waals surface area contributed by atoms with Crippen LogP contribution in [-0.4, -0.2) is 65.1 Å². The summed E-state index contributed by atoms with van der Waals surface area (Å²) in [6, 6.07) is 0. The lowest BCUT2D eigenvalue weighted by Crippen LogP contribution is -2.77. The lowest BCUT2D eigenvalue weighted by Gasteiger charge is -2.59. The molecule has 4 saturated heterocycles. The van der Waals surface area contributed by atoms with Crippen LogP contribution >= 0.6 is 11.6 Å². The standard InChI is InChI=1S/C9H16ClN4/c10-2-1-3-14-7-11-4-12(8-14)6-13(5-11)9-14/h1,3H,2,4-9H2/q+1. The second-order valence-corrected chi connectivity index (χ2v) is 4.93. The van der Waals surface area contributed by atoms with Gasteiger partial charge in [-0.25, -0.2) is 14.7 Å². The van der Waals surface area contributed by atoms with Crippen molar-refractivity contribution in [3.8, 4) is 0 Å². The van der Waals surface area contributed by atoms with Crippen LogP contribution in [0.4, 0.5) is 0 Å². The van der Waals surface area contributed by atoms with E-state index in [1.165, 1.54) is 0 Å². The molecule has 0 amide bonds. The number of quaternary nitrogens is 1. The highest BCUT2D eigenvalue weighted by atomic mass is 35.5. The van der Waals surface area contributed by atoms with Gasteiger partial charge in [0, 0.05) is 5.88 Å². The molecule has 14 heavy (non-hydrogen) atoms. The third-order valence-corrected chi connectivity index (χ3v) is 3.33. The molecule has 0 radical (unpaired) electrons. The van der Waals surface area contributed by atoms with Crippen molar-refractivity contribution in [1.82, 2.24) is 14.7 Å². The van der Waals surface area contributed by atoms with Crippen LogP contribution in [0.2, 0.25) is 0 Å². The molecule has 4 heterocycles. The van der Waals surface area contributed by atoms with Gasteiger partial charge in [-0.3, -0.25) is 4.48 Å². The minimum Gasteiger partial charge on any atom is -0.260 e. The molecule has 4 nitrogen and oxygen atoms in total. The predicted molar refractivity (Wildman–Crippen MR) is 54.8 cm³/mol. The molecule has 0 aliphatic carbocycles. The van der Waals surface area contributed by atoms with E-state index in [1.54, 1.807) is 0 Å². The summed E-state index contributed by atoms with van der Waals surface area (Å²) < 4.78 is 1.05. The van der Waals surface area contributed by atoms with Crippen molar-refractivity contribution in [2.24, 2.45) is 0 Å². The summed E-state index contributed by atoms with van der Waals surface area (Å²) in [6.07, 6.45) is 4.36. The van der Waals surface area contributed by atoms with Gasteiger partial charge in [-0.2, -0.15) is 0 Å². The Morgan fingerprint density at radius 3 is 1.93 bits per heavy atom. The fourth-order valence-corrected chi connectivity index (χ4v) is 3.06. The summed E-state index contributed by atoms with van der Waals surface area (Å²) in [6.45, 7) is 6.89. The van der Waals surface area contributed by atoms with E-state index in [4.69, 9.17) is 11.6 Å². The SMILES string of the molecule is ClCC=C[N+]12CN3CN(CN(C3)C1)C2. The molecule has 0 aromatic rings. The molecule has 0 unspecified atom stereocenters. The lowest BCUT2D eigenvalue weighted by atomic mass is 10.3. The van der Waals surface area contributed by atoms with Crippen molar-refractivity contribution in [2.45, 2.75) is 0 Å². The fourth-order valence-electron chi connectivity index (χ4n) is 2.98. The van der Waals surface area contributed by atoms with Gasteiger partial charge < -0.3 is 0 Å². The second kappa shape index (κ2) is 3.18. The van der Waals surface area contributed by atoms with Gasteiger partial charge >= 0.3 is 0 Å². The Bertz CT molecular complexity index is 230. The maximum atomic E-state index is 5.70. The first-order valence-electron chi connectivity index (χ1n) is 5.06. The van der Waals surface area contributed by atoms with E-state index in [-0.39, 0.29) is 0 Å². The molecule has 0 N–H and O–H groups in total. The van der Waals surface area contributed by atoms with E-state index >= 15 is 0 Å². The normalized spacial score (nSPS) is 50.5. The molecule has 4 fully saturated rings. The fraction of sp³-hybridized carbons (Fsp3) is 0.778. The van der Waals surface area contributed by atoms with Crippen LogP contribution in [0.15, 0.2) is 12.3 Å². The van der Waals surface area contributed by atoms with Crippen LogP contribution in [0.5, 0.6) is 0 Å². The van der Waals surface area contributed by atoms with Crippen molar-refractivity contribution in [3.63, 3.8) is 0 Å². The number of hydrogen-bond acceptors (Lipinski definition) is 3. The van der Waals surface area contributed by atoms with Gasteiger partial charge in [-0.05, 0) is 6.08 Å². The summed E-state index contributed by atoms with van der Waals surface area (Å²) in [5.74, 6) is 0.625. The Labute approximate surface area is 89.5 Å². The van der Waals surface area contributed by atoms with Crippen molar-refractivity contribution >= 4 is 11.6 Å². The van der Waals surface area contributed by atoms with Gasteiger partial charge in [-0.15, -0.1) is 11.6 Å². The lowest BCUT2D eigenvalue weighted by molar-refractivity contribution is -0.937. The average molecular weight is 216 g/mol. The van der Waals surface area contributed by atoms with Crippen LogP contribution in [-0.2, 0) is 0 Å². The highest BCUT2D eigenvalue weighted by molar-refractivity contribution is 6.18. The van der Waals surface area contributed by atoms with E-state index in [0.717, 1.165) is 44.5 Å². The number of halogens is 1. The minimum atomic E-state index is 0.625. The van der Waals surface area contributed by atoms with E-state index in [9.17, 15) is 0 Å². The zero-order chi connectivity index (χ0) is 9.60. The highest BCUT2D eigenvalue weighted by Crippen LogP contribution is 2.28. The molecule has 0 saturated carbocycles. The average Bonchev–Trinajstić information content (AvgIpc) is 2.12. The van der Waals surface area contributed by atoms with Crippen LogP contribution in [0, 0.1) is 0 Å². The number of hydrogen-bond donors (Lipinski definition) is 0. The Morgan fingerprint density at radius 2 is 1.50 bits per heavy atom. The maximum absolute atomic E-state index is 5.70. The summed E-state index contributed by atoms with van der Waals surface area (Å²) >= 11 is 5.70. The molecule has 5 heteroatoms. The van der Waals surface area contributed by atoms with Gasteiger partial charge in [0.2, 0.25) is 0 Å². The first-order chi connectivity index (χ1) is 6.80. The van der Waals surface area contributed by atoms with Crippen LogP contribution in [0.25, 0.3) is 0 Å². The molecular formula is C9H16ClN4+. The van der Waals surface area contributed by atoms with Crippen molar-refractivity contribution in [2.75, 3.05) is 45.9 Å². The molecule has 0 aromatic carbocycles. The minimum absolute atomic E-state index is 0.625. The molecule has 4 aliphatic rings. The maximum Gasteiger partial charge on any atom is 0.143 e. The van der Waals surface area contributed by atoms with E-state index in [1.807, 2.05) is 0 Å². The molecular weight excluding hydrogens is 200 g/mol. The first-order valence-corrected chi connectivity index (χ1v) is 5.60. The van der Waals surface area contributed by atoms with E-state index in [2.05, 4.69) is 27.0 Å². The van der Waals surface area contributed by atoms with Gasteiger partial charge in [0.25, 0.3) is 0 Å². The van der Waals surface area contributed by atoms with Crippen molar-refractivity contribution in [1.29, 1.82) is 0 Å². The second-order valence-electron chi connectivity index (χ2n) is 4.62. The Balaban J connectivity index is 1.84. The number of allylic oxidation sites excluding steroid dienone is 1. The van der Waals surface area contributed by atoms with Gasteiger partial charge in [0.05, 0.1) is 26.2 Å². The third kappa shape index (κ3) is 1.38. The zero-order valence-electron chi connectivity index (χ0n) is 8.27. The molecule has 0 aromatic heterocycles. The van der Waals surface area contributed by atoms with Crippen molar-refractivity contribution < 1.29 is 4.48 Å². The summed E-state index contributed by atoms with van der Waals surface area (Å²) in [5, 5.41) is 0. The third-order valence-electron chi connectivity index (χ3n) is 3.16. The van der Waals surface area contributed by atoms with E-state index in [0.29, 0.717) is 5.88 Å². The van der Waals surface area contributed by atoms with Gasteiger partial charge in [-0.1, -0.05) is 0 Å². The number of nitrogens with zero attached hydrogens (tertiary/aromatic N) is 4. The summed E-state index contributed by atoms with van der Waals surface area (Å²) in [7, 11) is 0. The van der Waals surface area contributed by atoms with Gasteiger partial charge in [0.1, 0.15) is 20.0 Å². The number of rotatable bonds is 2. The number of alkyl halides is 1. The summed E-state index contributed by atoms with van der Waals surface area (Å²) in [5.41, 5.74) is 0. The Morgan fingerprint density at radius 1 is 1.00 bits per heavy atom. The van der Waals surface area contributed by atoms with Crippen LogP contribution in [0.3, 0.4) is 0 Å². The first kappa shape index (κ1) is 9.12. The molecule has 4 bridgehead atoms. The Kier molecular flexibility index (Phi) is 2.07. The molecule has 0 atom stereocenters. The highest BCUT2D eigenvalue weighted by Gasteiger charge is 2.47. The monoisotopic (exact) mass is 215 g/mol. The quantitative estimate of drug-likeness (QED) is 0.483. The zero-order valence-corrected chi connectivity index (χ0v) is 9.03. The predicted octanol–water partition coefficient (Wildman–Crippen LogP) is 0.248. The summed E-state index contributed by atoms with van der Waals surface area (Å²) in [4.78, 5) is 7.49. The molecule has 78 valence electrons. The molecule has 0 spiro atoms. The van der Waals surface area contributed by atoms with Crippen LogP contribution in [0.1, 0.15) is 0 Å². The van der Waals surface area contributed by atoms with Gasteiger partial charge in [0.15, 0.2) is 0 Å². The largest absolute Gasteiger partial charge is 0.260 e. The molecule has 4 aliphatic heterocycles. The topological polar surface area (TPSA) is 9.72 Å². The van der Waals surface area contributed by atoms with Crippen LogP contribution < -0.4 is 0 Å². The van der Waals surface area contributed by atoms with Crippen molar-refractivity contribution in [3.05, 3.63) is 12.3 Å². The molecule has 4 rings (SSSR count). The van der Waals surface area contributed by atoms with E-state index < -0.39 is 0 Å². The Hall–Kier alpha value is -0.130. The smallest absolute Gasteiger partial charge is 0.143 e.